The SMILES string of the molecule is CC(C)(C)N1CC[C@@H](C(=O)O)[C@H](c2ccc(F)c(F)c2F)C1. The Bertz CT molecular complexity index is 583. The molecule has 6 heteroatoms. The summed E-state index contributed by atoms with van der Waals surface area (Å²) in [6.45, 7) is 6.80. The zero-order chi connectivity index (χ0) is 16.7. The molecule has 0 unspecified atom stereocenters. The summed E-state index contributed by atoms with van der Waals surface area (Å²) < 4.78 is 40.7. The Morgan fingerprint density at radius 3 is 2.41 bits per heavy atom. The summed E-state index contributed by atoms with van der Waals surface area (Å²) in [6.07, 6.45) is 0.343. The molecular weight excluding hydrogens is 295 g/mol. The minimum Gasteiger partial charge on any atom is -0.481 e. The Morgan fingerprint density at radius 2 is 1.86 bits per heavy atom. The van der Waals surface area contributed by atoms with Gasteiger partial charge in [-0.05, 0) is 45.4 Å². The van der Waals surface area contributed by atoms with E-state index in [1.165, 1.54) is 0 Å². The van der Waals surface area contributed by atoms with Crippen LogP contribution in [0.15, 0.2) is 12.1 Å². The van der Waals surface area contributed by atoms with Gasteiger partial charge in [-0.3, -0.25) is 9.69 Å². The van der Waals surface area contributed by atoms with Gasteiger partial charge in [-0.15, -0.1) is 0 Å². The number of benzene rings is 1. The Balaban J connectivity index is 2.42. The molecule has 3 nitrogen and oxygen atoms in total. The van der Waals surface area contributed by atoms with Crippen LogP contribution < -0.4 is 0 Å². The van der Waals surface area contributed by atoms with Gasteiger partial charge >= 0.3 is 5.97 Å². The van der Waals surface area contributed by atoms with E-state index in [0.717, 1.165) is 12.1 Å². The van der Waals surface area contributed by atoms with Crippen molar-refractivity contribution >= 4 is 5.97 Å². The van der Waals surface area contributed by atoms with Crippen LogP contribution in [0.2, 0.25) is 0 Å². The summed E-state index contributed by atoms with van der Waals surface area (Å²) in [5.41, 5.74) is -0.281. The largest absolute Gasteiger partial charge is 0.481 e. The maximum atomic E-state index is 14.1. The second-order valence-electron chi connectivity index (χ2n) is 6.72. The molecule has 1 aliphatic rings. The number of rotatable bonds is 2. The summed E-state index contributed by atoms with van der Waals surface area (Å²) in [4.78, 5) is 13.5. The van der Waals surface area contributed by atoms with Crippen LogP contribution >= 0.6 is 0 Å². The van der Waals surface area contributed by atoms with E-state index in [-0.39, 0.29) is 11.1 Å². The second-order valence-corrected chi connectivity index (χ2v) is 6.72. The van der Waals surface area contributed by atoms with Crippen LogP contribution in [0.1, 0.15) is 38.7 Å². The van der Waals surface area contributed by atoms with Crippen LogP contribution in [0.25, 0.3) is 0 Å². The Kier molecular flexibility index (Phi) is 4.52. The highest BCUT2D eigenvalue weighted by molar-refractivity contribution is 5.71. The van der Waals surface area contributed by atoms with Gasteiger partial charge in [0, 0.05) is 18.0 Å². The van der Waals surface area contributed by atoms with Crippen molar-refractivity contribution in [2.24, 2.45) is 5.92 Å². The minimum absolute atomic E-state index is 0.0692. The fraction of sp³-hybridized carbons (Fsp3) is 0.562. The van der Waals surface area contributed by atoms with Crippen molar-refractivity contribution in [2.75, 3.05) is 13.1 Å². The first-order chi connectivity index (χ1) is 10.1. The number of hydrogen-bond acceptors (Lipinski definition) is 2. The number of piperidine rings is 1. The number of halogens is 3. The first kappa shape index (κ1) is 16.8. The van der Waals surface area contributed by atoms with Gasteiger partial charge in [0.05, 0.1) is 5.92 Å². The molecule has 1 N–H and O–H groups in total. The Labute approximate surface area is 127 Å². The van der Waals surface area contributed by atoms with Gasteiger partial charge in [0.25, 0.3) is 0 Å². The average molecular weight is 315 g/mol. The van der Waals surface area contributed by atoms with E-state index in [1.54, 1.807) is 0 Å². The maximum Gasteiger partial charge on any atom is 0.307 e. The highest BCUT2D eigenvalue weighted by Gasteiger charge is 2.39. The molecule has 1 aromatic rings. The average Bonchev–Trinajstić information content (AvgIpc) is 2.43. The first-order valence-corrected chi connectivity index (χ1v) is 7.24. The molecule has 0 amide bonds. The lowest BCUT2D eigenvalue weighted by atomic mass is 9.79. The van der Waals surface area contributed by atoms with Gasteiger partial charge in [0.15, 0.2) is 17.5 Å². The second kappa shape index (κ2) is 5.91. The van der Waals surface area contributed by atoms with E-state index in [1.807, 2.05) is 25.7 Å². The predicted molar refractivity (Wildman–Crippen MR) is 76.1 cm³/mol. The maximum absolute atomic E-state index is 14.1. The van der Waals surface area contributed by atoms with Crippen LogP contribution in [0.4, 0.5) is 13.2 Å². The summed E-state index contributed by atoms with van der Waals surface area (Å²) in [7, 11) is 0. The van der Waals surface area contributed by atoms with E-state index >= 15 is 0 Å². The summed E-state index contributed by atoms with van der Waals surface area (Å²) >= 11 is 0. The number of carboxylic acid groups (broad SMARTS) is 1. The van der Waals surface area contributed by atoms with Crippen LogP contribution in [0, 0.1) is 23.4 Å². The fourth-order valence-corrected chi connectivity index (χ4v) is 3.00. The smallest absolute Gasteiger partial charge is 0.307 e. The zero-order valence-electron chi connectivity index (χ0n) is 12.9. The number of aliphatic carboxylic acids is 1. The van der Waals surface area contributed by atoms with Crippen molar-refractivity contribution in [3.05, 3.63) is 35.1 Å². The van der Waals surface area contributed by atoms with Gasteiger partial charge in [0.1, 0.15) is 0 Å². The first-order valence-electron chi connectivity index (χ1n) is 7.24. The lowest BCUT2D eigenvalue weighted by Crippen LogP contribution is -2.50. The number of likely N-dealkylation sites (tertiary alicyclic amines) is 1. The molecule has 0 aromatic heterocycles. The molecule has 1 heterocycles. The summed E-state index contributed by atoms with van der Waals surface area (Å²) in [6, 6.07) is 2.00. The van der Waals surface area contributed by atoms with Crippen LogP contribution in [-0.4, -0.2) is 34.6 Å². The van der Waals surface area contributed by atoms with Crippen LogP contribution in [0.3, 0.4) is 0 Å². The molecule has 0 saturated carbocycles. The van der Waals surface area contributed by atoms with Crippen molar-refractivity contribution in [3.63, 3.8) is 0 Å². The standard InChI is InChI=1S/C16H20F3NO2/c1-16(2,3)20-7-6-10(15(21)22)11(8-20)9-4-5-12(17)14(19)13(9)18/h4-5,10-11H,6-8H2,1-3H3,(H,21,22)/t10-,11+/m1/s1. The number of carboxylic acids is 1. The molecule has 22 heavy (non-hydrogen) atoms. The van der Waals surface area contributed by atoms with Crippen LogP contribution in [0.5, 0.6) is 0 Å². The van der Waals surface area contributed by atoms with E-state index in [0.29, 0.717) is 19.5 Å². The fourth-order valence-electron chi connectivity index (χ4n) is 3.00. The molecule has 0 radical (unpaired) electrons. The normalized spacial score (nSPS) is 23.5. The molecule has 1 aliphatic heterocycles. The zero-order valence-corrected chi connectivity index (χ0v) is 12.9. The Hall–Kier alpha value is -1.56. The number of hydrogen-bond donors (Lipinski definition) is 1. The number of carbonyl (C=O) groups is 1. The molecule has 1 aromatic carbocycles. The monoisotopic (exact) mass is 315 g/mol. The van der Waals surface area contributed by atoms with Gasteiger partial charge in [0.2, 0.25) is 0 Å². The lowest BCUT2D eigenvalue weighted by molar-refractivity contribution is -0.144. The minimum atomic E-state index is -1.55. The number of nitrogens with zero attached hydrogens (tertiary/aromatic N) is 1. The van der Waals surface area contributed by atoms with Crippen molar-refractivity contribution < 1.29 is 23.1 Å². The molecule has 2 rings (SSSR count). The van der Waals surface area contributed by atoms with E-state index in [4.69, 9.17) is 0 Å². The van der Waals surface area contributed by atoms with E-state index in [2.05, 4.69) is 0 Å². The third-order valence-electron chi connectivity index (χ3n) is 4.34. The molecule has 0 spiro atoms. The molecule has 1 saturated heterocycles. The molecule has 1 fully saturated rings. The highest BCUT2D eigenvalue weighted by atomic mass is 19.2. The van der Waals surface area contributed by atoms with Gasteiger partial charge in [-0.2, -0.15) is 0 Å². The van der Waals surface area contributed by atoms with E-state index < -0.39 is 35.3 Å². The quantitative estimate of drug-likeness (QED) is 0.851. The summed E-state index contributed by atoms with van der Waals surface area (Å²) in [5, 5.41) is 9.37. The third kappa shape index (κ3) is 3.11. The predicted octanol–water partition coefficient (Wildman–Crippen LogP) is 3.39. The molecule has 2 atom stereocenters. The van der Waals surface area contributed by atoms with Crippen molar-refractivity contribution in [3.8, 4) is 0 Å². The van der Waals surface area contributed by atoms with Crippen molar-refractivity contribution in [1.82, 2.24) is 4.90 Å². The van der Waals surface area contributed by atoms with Gasteiger partial charge in [-0.25, -0.2) is 13.2 Å². The highest BCUT2D eigenvalue weighted by Crippen LogP contribution is 2.37. The van der Waals surface area contributed by atoms with Gasteiger partial charge < -0.3 is 5.11 Å². The molecule has 122 valence electrons. The third-order valence-corrected chi connectivity index (χ3v) is 4.34. The van der Waals surface area contributed by atoms with Gasteiger partial charge in [-0.1, -0.05) is 6.07 Å². The Morgan fingerprint density at radius 1 is 1.23 bits per heavy atom. The topological polar surface area (TPSA) is 40.5 Å². The van der Waals surface area contributed by atoms with E-state index in [9.17, 15) is 23.1 Å². The lowest BCUT2D eigenvalue weighted by Gasteiger charge is -2.44. The summed E-state index contributed by atoms with van der Waals surface area (Å²) in [5.74, 6) is -6.65. The molecular formula is C16H20F3NO2. The van der Waals surface area contributed by atoms with Crippen molar-refractivity contribution in [2.45, 2.75) is 38.6 Å². The molecule has 0 aliphatic carbocycles. The molecule has 0 bridgehead atoms. The van der Waals surface area contributed by atoms with Crippen molar-refractivity contribution in [1.29, 1.82) is 0 Å². The van der Waals surface area contributed by atoms with Crippen LogP contribution in [-0.2, 0) is 4.79 Å².